The fraction of sp³-hybridized carbons (Fsp3) is 0.133. The number of nitrogens with one attached hydrogen (secondary N) is 1. The lowest BCUT2D eigenvalue weighted by molar-refractivity contribution is 0.104. The van der Waals surface area contributed by atoms with Crippen molar-refractivity contribution in [2.24, 2.45) is 0 Å². The van der Waals surface area contributed by atoms with Crippen molar-refractivity contribution in [2.75, 3.05) is 0 Å². The number of carbonyl (C=O) groups excluding carboxylic acids is 1. The van der Waals surface area contributed by atoms with E-state index in [1.807, 2.05) is 49.6 Å². The highest BCUT2D eigenvalue weighted by Gasteiger charge is 2.19. The Morgan fingerprint density at radius 2 is 1.94 bits per heavy atom. The van der Waals surface area contributed by atoms with Crippen LogP contribution in [0.25, 0.3) is 10.9 Å². The zero-order chi connectivity index (χ0) is 12.7. The number of para-hydroxylation sites is 1. The van der Waals surface area contributed by atoms with E-state index in [-0.39, 0.29) is 5.78 Å². The lowest BCUT2D eigenvalue weighted by Gasteiger charge is -2.00. The Hall–Kier alpha value is -1.87. The fourth-order valence-electron chi connectivity index (χ4n) is 2.29. The molecule has 0 aliphatic carbocycles. The average molecular weight is 255 g/mol. The standard InChI is InChI=1S/C15H13NOS/c1-9-7-8-18-15(9)14(17)13-10(2)16-12-6-4-3-5-11(12)13/h3-8,16H,1-2H3. The number of aromatic amines is 1. The molecule has 0 fully saturated rings. The lowest BCUT2D eigenvalue weighted by atomic mass is 10.0. The summed E-state index contributed by atoms with van der Waals surface area (Å²) >= 11 is 1.51. The third-order valence-corrected chi connectivity index (χ3v) is 4.20. The molecule has 0 amide bonds. The molecule has 0 aliphatic rings. The predicted octanol–water partition coefficient (Wildman–Crippen LogP) is 4.08. The van der Waals surface area contributed by atoms with Crippen LogP contribution < -0.4 is 0 Å². The molecule has 0 saturated heterocycles. The molecule has 1 N–H and O–H groups in total. The van der Waals surface area contributed by atoms with Crippen LogP contribution in [0.4, 0.5) is 0 Å². The Bertz CT molecular complexity index is 736. The molecule has 0 saturated carbocycles. The predicted molar refractivity (Wildman–Crippen MR) is 75.5 cm³/mol. The molecular weight excluding hydrogens is 242 g/mol. The topological polar surface area (TPSA) is 32.9 Å². The minimum absolute atomic E-state index is 0.123. The summed E-state index contributed by atoms with van der Waals surface area (Å²) in [6, 6.07) is 9.92. The van der Waals surface area contributed by atoms with Crippen LogP contribution in [-0.4, -0.2) is 10.8 Å². The van der Waals surface area contributed by atoms with Gasteiger partial charge in [0.2, 0.25) is 5.78 Å². The number of thiophene rings is 1. The van der Waals surface area contributed by atoms with Gasteiger partial charge in [-0.25, -0.2) is 0 Å². The quantitative estimate of drug-likeness (QED) is 0.688. The number of rotatable bonds is 2. The van der Waals surface area contributed by atoms with Crippen molar-refractivity contribution in [1.29, 1.82) is 0 Å². The van der Waals surface area contributed by atoms with Crippen molar-refractivity contribution in [2.45, 2.75) is 13.8 Å². The summed E-state index contributed by atoms with van der Waals surface area (Å²) in [5, 5.41) is 2.97. The molecule has 3 rings (SSSR count). The molecule has 3 aromatic rings. The van der Waals surface area contributed by atoms with Crippen molar-refractivity contribution >= 4 is 28.0 Å². The van der Waals surface area contributed by atoms with Gasteiger partial charge in [-0.15, -0.1) is 11.3 Å². The second kappa shape index (κ2) is 4.10. The van der Waals surface area contributed by atoms with Crippen molar-refractivity contribution in [3.8, 4) is 0 Å². The molecule has 0 atom stereocenters. The highest BCUT2D eigenvalue weighted by molar-refractivity contribution is 7.12. The Kier molecular flexibility index (Phi) is 2.56. The Labute approximate surface area is 109 Å². The van der Waals surface area contributed by atoms with E-state index in [1.54, 1.807) is 0 Å². The first-order chi connectivity index (χ1) is 8.68. The Morgan fingerprint density at radius 3 is 2.67 bits per heavy atom. The molecule has 0 aliphatic heterocycles. The van der Waals surface area contributed by atoms with E-state index < -0.39 is 0 Å². The zero-order valence-corrected chi connectivity index (χ0v) is 11.1. The Morgan fingerprint density at radius 1 is 1.17 bits per heavy atom. The first kappa shape index (κ1) is 11.2. The van der Waals surface area contributed by atoms with Crippen molar-refractivity contribution in [3.05, 3.63) is 57.4 Å². The summed E-state index contributed by atoms with van der Waals surface area (Å²) in [5.74, 6) is 0.123. The van der Waals surface area contributed by atoms with Gasteiger partial charge in [-0.3, -0.25) is 4.79 Å². The second-order valence-corrected chi connectivity index (χ2v) is 5.35. The van der Waals surface area contributed by atoms with Gasteiger partial charge in [-0.1, -0.05) is 18.2 Å². The lowest BCUT2D eigenvalue weighted by Crippen LogP contribution is -2.01. The van der Waals surface area contributed by atoms with Gasteiger partial charge in [0.05, 0.1) is 10.4 Å². The number of carbonyl (C=O) groups is 1. The van der Waals surface area contributed by atoms with Gasteiger partial charge in [0.1, 0.15) is 0 Å². The summed E-state index contributed by atoms with van der Waals surface area (Å²) in [5.41, 5.74) is 3.81. The van der Waals surface area contributed by atoms with Crippen LogP contribution in [0.5, 0.6) is 0 Å². The van der Waals surface area contributed by atoms with Crippen LogP contribution in [0.1, 0.15) is 26.5 Å². The Balaban J connectivity index is 2.23. The third kappa shape index (κ3) is 1.59. The van der Waals surface area contributed by atoms with E-state index in [4.69, 9.17) is 0 Å². The molecule has 3 heteroatoms. The van der Waals surface area contributed by atoms with Gasteiger partial charge in [-0.2, -0.15) is 0 Å². The SMILES string of the molecule is Cc1ccsc1C(=O)c1c(C)[nH]c2ccccc12. The smallest absolute Gasteiger partial charge is 0.205 e. The van der Waals surface area contributed by atoms with Crippen molar-refractivity contribution in [3.63, 3.8) is 0 Å². The van der Waals surface area contributed by atoms with Gasteiger partial charge in [0.15, 0.2) is 0 Å². The van der Waals surface area contributed by atoms with E-state index in [0.717, 1.165) is 32.6 Å². The van der Waals surface area contributed by atoms with Crippen LogP contribution in [-0.2, 0) is 0 Å². The van der Waals surface area contributed by atoms with E-state index in [1.165, 1.54) is 11.3 Å². The summed E-state index contributed by atoms with van der Waals surface area (Å²) in [6.07, 6.45) is 0. The van der Waals surface area contributed by atoms with Crippen molar-refractivity contribution in [1.82, 2.24) is 4.98 Å². The normalized spacial score (nSPS) is 11.0. The maximum absolute atomic E-state index is 12.6. The van der Waals surface area contributed by atoms with E-state index in [0.29, 0.717) is 0 Å². The van der Waals surface area contributed by atoms with Crippen LogP contribution in [0.2, 0.25) is 0 Å². The number of fused-ring (bicyclic) bond motifs is 1. The fourth-order valence-corrected chi connectivity index (χ4v) is 3.16. The number of ketones is 1. The van der Waals surface area contributed by atoms with E-state index in [9.17, 15) is 4.79 Å². The number of H-pyrrole nitrogens is 1. The average Bonchev–Trinajstić information content (AvgIpc) is 2.91. The zero-order valence-electron chi connectivity index (χ0n) is 10.3. The van der Waals surface area contributed by atoms with Gasteiger partial charge in [0, 0.05) is 16.6 Å². The minimum atomic E-state index is 0.123. The van der Waals surface area contributed by atoms with E-state index in [2.05, 4.69) is 4.98 Å². The molecule has 2 aromatic heterocycles. The number of aromatic nitrogens is 1. The highest BCUT2D eigenvalue weighted by atomic mass is 32.1. The first-order valence-electron chi connectivity index (χ1n) is 5.84. The number of benzene rings is 1. The summed E-state index contributed by atoms with van der Waals surface area (Å²) < 4.78 is 0. The maximum atomic E-state index is 12.6. The number of hydrogen-bond acceptors (Lipinski definition) is 2. The summed E-state index contributed by atoms with van der Waals surface area (Å²) in [7, 11) is 0. The molecule has 18 heavy (non-hydrogen) atoms. The molecular formula is C15H13NOS. The second-order valence-electron chi connectivity index (χ2n) is 4.43. The molecule has 0 spiro atoms. The molecule has 0 unspecified atom stereocenters. The van der Waals surface area contributed by atoms with Gasteiger partial charge in [0.25, 0.3) is 0 Å². The molecule has 90 valence electrons. The number of aryl methyl sites for hydroxylation is 2. The van der Waals surface area contributed by atoms with Crippen LogP contribution >= 0.6 is 11.3 Å². The minimum Gasteiger partial charge on any atom is -0.358 e. The highest BCUT2D eigenvalue weighted by Crippen LogP contribution is 2.27. The molecule has 0 bridgehead atoms. The molecule has 1 aromatic carbocycles. The monoisotopic (exact) mass is 255 g/mol. The first-order valence-corrected chi connectivity index (χ1v) is 6.72. The van der Waals surface area contributed by atoms with Gasteiger partial charge >= 0.3 is 0 Å². The third-order valence-electron chi connectivity index (χ3n) is 3.19. The van der Waals surface area contributed by atoms with Gasteiger partial charge < -0.3 is 4.98 Å². The van der Waals surface area contributed by atoms with Crippen LogP contribution in [0, 0.1) is 13.8 Å². The van der Waals surface area contributed by atoms with Crippen LogP contribution in [0.3, 0.4) is 0 Å². The van der Waals surface area contributed by atoms with Crippen LogP contribution in [0.15, 0.2) is 35.7 Å². The molecule has 0 radical (unpaired) electrons. The largest absolute Gasteiger partial charge is 0.358 e. The van der Waals surface area contributed by atoms with Crippen molar-refractivity contribution < 1.29 is 4.79 Å². The number of hydrogen-bond donors (Lipinski definition) is 1. The van der Waals surface area contributed by atoms with E-state index >= 15 is 0 Å². The van der Waals surface area contributed by atoms with Gasteiger partial charge in [-0.05, 0) is 36.9 Å². The molecule has 2 nitrogen and oxygen atoms in total. The molecule has 2 heterocycles. The summed E-state index contributed by atoms with van der Waals surface area (Å²) in [4.78, 5) is 16.7. The summed E-state index contributed by atoms with van der Waals surface area (Å²) in [6.45, 7) is 3.93. The maximum Gasteiger partial charge on any atom is 0.205 e.